The highest BCUT2D eigenvalue weighted by Gasteiger charge is 2.35. The van der Waals surface area contributed by atoms with E-state index < -0.39 is 24.2 Å². The van der Waals surface area contributed by atoms with Crippen molar-refractivity contribution in [3.05, 3.63) is 80.0 Å². The van der Waals surface area contributed by atoms with Gasteiger partial charge in [-0.2, -0.15) is 8.78 Å². The summed E-state index contributed by atoms with van der Waals surface area (Å²) >= 11 is 9.38. The molecule has 1 aliphatic rings. The molecule has 2 aromatic heterocycles. The fraction of sp³-hybridized carbons (Fsp3) is 0.344. The van der Waals surface area contributed by atoms with Gasteiger partial charge in [-0.15, -0.1) is 0 Å². The normalized spacial score (nSPS) is 13.3. The SMILES string of the molecule is CCOc1c(C)cc(C(CNC(=O)c2cc(OC(F)F)c3nc(C)c(Br)cc3c2)C2CC2)nc1-c1cc(Cl)c(F)cc1F.CN. The number of nitrogens with one attached hydrogen (secondary N) is 1. The van der Waals surface area contributed by atoms with Crippen molar-refractivity contribution in [2.24, 2.45) is 11.7 Å². The molecule has 1 amide bonds. The highest BCUT2D eigenvalue weighted by atomic mass is 79.9. The monoisotopic (exact) mass is 710 g/mol. The third-order valence-electron chi connectivity index (χ3n) is 7.28. The molecule has 1 fully saturated rings. The number of halogens is 6. The minimum absolute atomic E-state index is 0.00360. The molecule has 2 heterocycles. The lowest BCUT2D eigenvalue weighted by Crippen LogP contribution is -2.30. The second-order valence-corrected chi connectivity index (χ2v) is 11.6. The predicted molar refractivity (Wildman–Crippen MR) is 169 cm³/mol. The highest BCUT2D eigenvalue weighted by Crippen LogP contribution is 2.44. The second kappa shape index (κ2) is 14.7. The number of rotatable bonds is 10. The Kier molecular flexibility index (Phi) is 11.3. The number of benzene rings is 2. The van der Waals surface area contributed by atoms with E-state index in [2.05, 4.69) is 32.0 Å². The molecule has 4 aromatic rings. The van der Waals surface area contributed by atoms with Crippen molar-refractivity contribution < 1.29 is 31.8 Å². The number of hydrogen-bond acceptors (Lipinski definition) is 6. The van der Waals surface area contributed by atoms with Crippen LogP contribution in [-0.2, 0) is 0 Å². The smallest absolute Gasteiger partial charge is 0.387 e. The third-order valence-corrected chi connectivity index (χ3v) is 8.37. The van der Waals surface area contributed by atoms with E-state index in [9.17, 15) is 22.4 Å². The lowest BCUT2D eigenvalue weighted by molar-refractivity contribution is -0.0489. The molecular formula is C32H32BrClF4N4O3. The van der Waals surface area contributed by atoms with Crippen LogP contribution in [0.15, 0.2) is 40.9 Å². The van der Waals surface area contributed by atoms with E-state index in [4.69, 9.17) is 26.1 Å². The summed E-state index contributed by atoms with van der Waals surface area (Å²) in [5.41, 5.74) is 6.88. The van der Waals surface area contributed by atoms with Crippen molar-refractivity contribution in [1.29, 1.82) is 0 Å². The van der Waals surface area contributed by atoms with E-state index in [0.717, 1.165) is 12.8 Å². The van der Waals surface area contributed by atoms with Gasteiger partial charge in [0.15, 0.2) is 5.75 Å². The summed E-state index contributed by atoms with van der Waals surface area (Å²) < 4.78 is 66.5. The van der Waals surface area contributed by atoms with E-state index in [0.29, 0.717) is 45.2 Å². The topological polar surface area (TPSA) is 99.4 Å². The zero-order valence-corrected chi connectivity index (χ0v) is 27.3. The molecule has 0 bridgehead atoms. The predicted octanol–water partition coefficient (Wildman–Crippen LogP) is 8.11. The number of carbonyl (C=O) groups excluding carboxylic acids is 1. The molecule has 0 radical (unpaired) electrons. The number of amides is 1. The minimum atomic E-state index is -3.10. The Morgan fingerprint density at radius 2 is 1.80 bits per heavy atom. The molecular weight excluding hydrogens is 680 g/mol. The maximum Gasteiger partial charge on any atom is 0.387 e. The number of aromatic nitrogens is 2. The van der Waals surface area contributed by atoms with Crippen LogP contribution in [0.3, 0.4) is 0 Å². The summed E-state index contributed by atoms with van der Waals surface area (Å²) in [7, 11) is 1.50. The van der Waals surface area contributed by atoms with Crippen LogP contribution in [-0.4, -0.2) is 42.7 Å². The summed E-state index contributed by atoms with van der Waals surface area (Å²) in [5.74, 6) is -2.12. The molecule has 0 saturated heterocycles. The number of pyridine rings is 2. The van der Waals surface area contributed by atoms with Crippen molar-refractivity contribution in [2.75, 3.05) is 20.2 Å². The zero-order chi connectivity index (χ0) is 33.0. The number of nitrogens with zero attached hydrogens (tertiary/aromatic N) is 2. The number of nitrogens with two attached hydrogens (primary N) is 1. The molecule has 1 atom stereocenters. The van der Waals surface area contributed by atoms with E-state index in [-0.39, 0.29) is 51.5 Å². The molecule has 1 aliphatic carbocycles. The van der Waals surface area contributed by atoms with Crippen molar-refractivity contribution in [3.8, 4) is 22.8 Å². The van der Waals surface area contributed by atoms with Crippen LogP contribution >= 0.6 is 27.5 Å². The number of aryl methyl sites for hydroxylation is 2. The van der Waals surface area contributed by atoms with Gasteiger partial charge in [0, 0.05) is 45.2 Å². The van der Waals surface area contributed by atoms with Crippen LogP contribution in [0.25, 0.3) is 22.2 Å². The molecule has 3 N–H and O–H groups in total. The van der Waals surface area contributed by atoms with Gasteiger partial charge in [-0.3, -0.25) is 4.79 Å². The number of ether oxygens (including phenoxy) is 2. The first kappa shape index (κ1) is 34.4. The molecule has 0 spiro atoms. The van der Waals surface area contributed by atoms with Crippen LogP contribution in [0, 0.1) is 31.4 Å². The Bertz CT molecular complexity index is 1720. The average molecular weight is 712 g/mol. The highest BCUT2D eigenvalue weighted by molar-refractivity contribution is 9.10. The molecule has 2 aromatic carbocycles. The Labute approximate surface area is 271 Å². The van der Waals surface area contributed by atoms with Crippen molar-refractivity contribution >= 4 is 44.3 Å². The summed E-state index contributed by atoms with van der Waals surface area (Å²) in [6.45, 7) is 2.68. The van der Waals surface area contributed by atoms with Crippen LogP contribution in [0.2, 0.25) is 5.02 Å². The van der Waals surface area contributed by atoms with Crippen LogP contribution in [0.5, 0.6) is 11.5 Å². The van der Waals surface area contributed by atoms with Gasteiger partial charge in [0.2, 0.25) is 0 Å². The number of fused-ring (bicyclic) bond motifs is 1. The summed E-state index contributed by atoms with van der Waals surface area (Å²) in [5, 5.41) is 3.11. The van der Waals surface area contributed by atoms with Gasteiger partial charge in [-0.05, 0) is 98.4 Å². The van der Waals surface area contributed by atoms with E-state index in [1.54, 1.807) is 32.9 Å². The molecule has 0 aliphatic heterocycles. The van der Waals surface area contributed by atoms with Gasteiger partial charge < -0.3 is 20.5 Å². The second-order valence-electron chi connectivity index (χ2n) is 10.4. The first-order valence-electron chi connectivity index (χ1n) is 14.2. The van der Waals surface area contributed by atoms with Gasteiger partial charge in [0.25, 0.3) is 5.91 Å². The molecule has 1 saturated carbocycles. The zero-order valence-electron chi connectivity index (χ0n) is 25.0. The van der Waals surface area contributed by atoms with Gasteiger partial charge in [0.1, 0.15) is 28.6 Å². The maximum atomic E-state index is 15.0. The van der Waals surface area contributed by atoms with E-state index in [1.807, 2.05) is 6.07 Å². The number of alkyl halides is 2. The van der Waals surface area contributed by atoms with Gasteiger partial charge in [-0.1, -0.05) is 11.6 Å². The Balaban J connectivity index is 0.00000226. The van der Waals surface area contributed by atoms with Crippen molar-refractivity contribution in [1.82, 2.24) is 15.3 Å². The van der Waals surface area contributed by atoms with Gasteiger partial charge in [0.05, 0.1) is 17.3 Å². The average Bonchev–Trinajstić information content (AvgIpc) is 3.83. The molecule has 5 rings (SSSR count). The standard InChI is InChI=1S/C31H27BrClF4N3O3.CH5N/c1-4-42-29-14(2)7-25(40-28(29)19-11-22(33)24(35)12-23(19)34)20(16-5-6-16)13-38-30(41)18-8-17-9-21(32)15(3)39-27(17)26(10-18)43-31(36)37;1-2/h7-12,16,20,31H,4-6,13H2,1-3H3,(H,38,41);2H2,1H3. The van der Waals surface area contributed by atoms with Crippen LogP contribution < -0.4 is 20.5 Å². The summed E-state index contributed by atoms with van der Waals surface area (Å²) in [4.78, 5) is 22.4. The maximum absolute atomic E-state index is 15.0. The van der Waals surface area contributed by atoms with E-state index in [1.165, 1.54) is 19.2 Å². The van der Waals surface area contributed by atoms with Crippen molar-refractivity contribution in [2.45, 2.75) is 46.1 Å². The molecule has 240 valence electrons. The van der Waals surface area contributed by atoms with Crippen LogP contribution in [0.4, 0.5) is 17.6 Å². The molecule has 7 nitrogen and oxygen atoms in total. The Morgan fingerprint density at radius 3 is 2.44 bits per heavy atom. The Hall–Kier alpha value is -3.48. The quantitative estimate of drug-likeness (QED) is 0.127. The Morgan fingerprint density at radius 1 is 1.09 bits per heavy atom. The van der Waals surface area contributed by atoms with Gasteiger partial charge in [-0.25, -0.2) is 18.7 Å². The summed E-state index contributed by atoms with van der Waals surface area (Å²) in [6, 6.07) is 8.22. The first-order valence-corrected chi connectivity index (χ1v) is 15.3. The first-order chi connectivity index (χ1) is 21.5. The third kappa shape index (κ3) is 7.85. The lowest BCUT2D eigenvalue weighted by atomic mass is 9.95. The lowest BCUT2D eigenvalue weighted by Gasteiger charge is -2.21. The van der Waals surface area contributed by atoms with Crippen LogP contribution in [0.1, 0.15) is 53.0 Å². The fourth-order valence-electron chi connectivity index (χ4n) is 5.04. The largest absolute Gasteiger partial charge is 0.491 e. The summed E-state index contributed by atoms with van der Waals surface area (Å²) in [6.07, 6.45) is 1.81. The fourth-order valence-corrected chi connectivity index (χ4v) is 5.54. The van der Waals surface area contributed by atoms with Crippen molar-refractivity contribution in [3.63, 3.8) is 0 Å². The van der Waals surface area contributed by atoms with Gasteiger partial charge >= 0.3 is 6.61 Å². The number of hydrogen-bond donors (Lipinski definition) is 2. The molecule has 1 unspecified atom stereocenters. The molecule has 45 heavy (non-hydrogen) atoms. The minimum Gasteiger partial charge on any atom is -0.491 e. The molecule has 13 heteroatoms. The van der Waals surface area contributed by atoms with E-state index >= 15 is 0 Å². The number of carbonyl (C=O) groups is 1.